The molecule has 0 aromatic heterocycles. The standard InChI is InChI=1S/C8H15N.C3H8O3S/c1-4-6-8-9(3)7-5-2;1-2-3-7(4,5)6/h4-5H,1-2,6-8H2,3H3;2-3H2,1H3,(H,4,5,6). The van der Waals surface area contributed by atoms with E-state index in [2.05, 4.69) is 25.1 Å². The van der Waals surface area contributed by atoms with Crippen LogP contribution in [0.5, 0.6) is 0 Å². The Kier molecular flexibility index (Phi) is 12.0. The van der Waals surface area contributed by atoms with Crippen molar-refractivity contribution in [1.29, 1.82) is 0 Å². The fraction of sp³-hybridized carbons (Fsp3) is 0.636. The van der Waals surface area contributed by atoms with Crippen LogP contribution in [0.1, 0.15) is 19.8 Å². The van der Waals surface area contributed by atoms with Gasteiger partial charge in [-0.1, -0.05) is 19.1 Å². The van der Waals surface area contributed by atoms with Gasteiger partial charge in [0.2, 0.25) is 0 Å². The van der Waals surface area contributed by atoms with Crippen LogP contribution in [-0.4, -0.2) is 43.8 Å². The van der Waals surface area contributed by atoms with Crippen LogP contribution in [0.3, 0.4) is 0 Å². The maximum absolute atomic E-state index is 9.79. The highest BCUT2D eigenvalue weighted by Gasteiger charge is 1.98. The monoisotopic (exact) mass is 249 g/mol. The van der Waals surface area contributed by atoms with Gasteiger partial charge in [-0.05, 0) is 19.9 Å². The number of hydrogen-bond acceptors (Lipinski definition) is 3. The van der Waals surface area contributed by atoms with E-state index in [1.807, 2.05) is 12.2 Å². The Bertz CT molecular complexity index is 273. The first-order valence-corrected chi connectivity index (χ1v) is 6.83. The van der Waals surface area contributed by atoms with Crippen molar-refractivity contribution in [3.63, 3.8) is 0 Å². The average molecular weight is 249 g/mol. The molecule has 16 heavy (non-hydrogen) atoms. The van der Waals surface area contributed by atoms with Gasteiger partial charge in [-0.25, -0.2) is 0 Å². The summed E-state index contributed by atoms with van der Waals surface area (Å²) in [6, 6.07) is 0. The average Bonchev–Trinajstić information content (AvgIpc) is 2.14. The molecule has 0 unspecified atom stereocenters. The number of nitrogens with zero attached hydrogens (tertiary/aromatic N) is 1. The summed E-state index contributed by atoms with van der Waals surface area (Å²) < 4.78 is 27.6. The lowest BCUT2D eigenvalue weighted by Gasteiger charge is -2.11. The van der Waals surface area contributed by atoms with Crippen LogP contribution in [0.4, 0.5) is 0 Å². The predicted octanol–water partition coefficient (Wildman–Crippen LogP) is 1.96. The van der Waals surface area contributed by atoms with Crippen LogP contribution in [0.2, 0.25) is 0 Å². The fourth-order valence-corrected chi connectivity index (χ4v) is 1.40. The van der Waals surface area contributed by atoms with E-state index >= 15 is 0 Å². The molecule has 96 valence electrons. The minimum absolute atomic E-state index is 0.132. The highest BCUT2D eigenvalue weighted by molar-refractivity contribution is 7.85. The topological polar surface area (TPSA) is 57.6 Å². The van der Waals surface area contributed by atoms with Crippen molar-refractivity contribution in [3.05, 3.63) is 25.3 Å². The molecule has 0 aliphatic rings. The normalized spacial score (nSPS) is 10.5. The molecule has 5 heteroatoms. The quantitative estimate of drug-likeness (QED) is 0.553. The summed E-state index contributed by atoms with van der Waals surface area (Å²) in [7, 11) is -1.60. The minimum Gasteiger partial charge on any atom is -0.302 e. The van der Waals surface area contributed by atoms with Crippen molar-refractivity contribution in [2.24, 2.45) is 0 Å². The molecule has 0 spiro atoms. The van der Waals surface area contributed by atoms with Crippen molar-refractivity contribution < 1.29 is 13.0 Å². The van der Waals surface area contributed by atoms with Gasteiger partial charge < -0.3 is 4.90 Å². The Morgan fingerprint density at radius 2 is 1.88 bits per heavy atom. The summed E-state index contributed by atoms with van der Waals surface area (Å²) in [5.41, 5.74) is 0. The molecular formula is C11H23NO3S. The summed E-state index contributed by atoms with van der Waals surface area (Å²) in [6.07, 6.45) is 5.37. The molecule has 0 atom stereocenters. The van der Waals surface area contributed by atoms with E-state index in [0.717, 1.165) is 19.5 Å². The first-order chi connectivity index (χ1) is 7.37. The van der Waals surface area contributed by atoms with E-state index < -0.39 is 10.1 Å². The zero-order valence-electron chi connectivity index (χ0n) is 10.2. The summed E-state index contributed by atoms with van der Waals surface area (Å²) in [6.45, 7) is 11.0. The van der Waals surface area contributed by atoms with Gasteiger partial charge in [0, 0.05) is 13.1 Å². The van der Waals surface area contributed by atoms with Crippen molar-refractivity contribution in [2.45, 2.75) is 19.8 Å². The third kappa shape index (κ3) is 19.0. The van der Waals surface area contributed by atoms with E-state index in [9.17, 15) is 8.42 Å². The first kappa shape index (κ1) is 17.7. The maximum Gasteiger partial charge on any atom is 0.264 e. The van der Waals surface area contributed by atoms with E-state index in [1.54, 1.807) is 6.92 Å². The molecule has 0 aliphatic heterocycles. The molecule has 0 saturated carbocycles. The molecule has 0 aliphatic carbocycles. The van der Waals surface area contributed by atoms with Gasteiger partial charge >= 0.3 is 0 Å². The zero-order valence-corrected chi connectivity index (χ0v) is 11.0. The van der Waals surface area contributed by atoms with E-state index in [4.69, 9.17) is 4.55 Å². The van der Waals surface area contributed by atoms with Crippen LogP contribution in [-0.2, 0) is 10.1 Å². The highest BCUT2D eigenvalue weighted by Crippen LogP contribution is 1.86. The van der Waals surface area contributed by atoms with Gasteiger partial charge in [-0.3, -0.25) is 4.55 Å². The van der Waals surface area contributed by atoms with E-state index in [0.29, 0.717) is 6.42 Å². The number of rotatable bonds is 7. The molecule has 0 fully saturated rings. The van der Waals surface area contributed by atoms with E-state index in [1.165, 1.54) is 0 Å². The number of likely N-dealkylation sites (N-methyl/N-ethyl adjacent to an activating group) is 1. The van der Waals surface area contributed by atoms with Crippen molar-refractivity contribution in [2.75, 3.05) is 25.9 Å². The second-order valence-electron chi connectivity index (χ2n) is 3.41. The van der Waals surface area contributed by atoms with Crippen LogP contribution < -0.4 is 0 Å². The molecule has 0 rings (SSSR count). The van der Waals surface area contributed by atoms with Gasteiger partial charge in [0.05, 0.1) is 5.75 Å². The van der Waals surface area contributed by atoms with Crippen LogP contribution in [0.15, 0.2) is 25.3 Å². The van der Waals surface area contributed by atoms with Crippen LogP contribution in [0, 0.1) is 0 Å². The second kappa shape index (κ2) is 10.9. The third-order valence-electron chi connectivity index (χ3n) is 1.62. The molecule has 0 radical (unpaired) electrons. The van der Waals surface area contributed by atoms with Crippen molar-refractivity contribution in [1.82, 2.24) is 4.90 Å². The summed E-state index contributed by atoms with van der Waals surface area (Å²) >= 11 is 0. The molecule has 0 aromatic rings. The van der Waals surface area contributed by atoms with Gasteiger partial charge in [0.15, 0.2) is 0 Å². The molecule has 0 heterocycles. The lowest BCUT2D eigenvalue weighted by Crippen LogP contribution is -2.18. The van der Waals surface area contributed by atoms with E-state index in [-0.39, 0.29) is 5.75 Å². The Labute approximate surface area is 99.4 Å². The Morgan fingerprint density at radius 1 is 1.31 bits per heavy atom. The third-order valence-corrected chi connectivity index (χ3v) is 2.54. The van der Waals surface area contributed by atoms with Crippen LogP contribution >= 0.6 is 0 Å². The smallest absolute Gasteiger partial charge is 0.264 e. The maximum atomic E-state index is 9.79. The van der Waals surface area contributed by atoms with Gasteiger partial charge in [-0.2, -0.15) is 8.42 Å². The second-order valence-corrected chi connectivity index (χ2v) is 4.99. The SMILES string of the molecule is C=CCCN(C)CC=C.CCCS(=O)(=O)O. The molecule has 0 aromatic carbocycles. The van der Waals surface area contributed by atoms with Crippen molar-refractivity contribution in [3.8, 4) is 0 Å². The molecule has 0 amide bonds. The van der Waals surface area contributed by atoms with Crippen LogP contribution in [0.25, 0.3) is 0 Å². The predicted molar refractivity (Wildman–Crippen MR) is 69.2 cm³/mol. The summed E-state index contributed by atoms with van der Waals surface area (Å²) in [5.74, 6) is -0.132. The summed E-state index contributed by atoms with van der Waals surface area (Å²) in [5, 5.41) is 0. The van der Waals surface area contributed by atoms with Crippen molar-refractivity contribution >= 4 is 10.1 Å². The lowest BCUT2D eigenvalue weighted by atomic mass is 10.4. The first-order valence-electron chi connectivity index (χ1n) is 5.22. The summed E-state index contributed by atoms with van der Waals surface area (Å²) in [4.78, 5) is 2.20. The Balaban J connectivity index is 0. The lowest BCUT2D eigenvalue weighted by molar-refractivity contribution is 0.378. The minimum atomic E-state index is -3.67. The highest BCUT2D eigenvalue weighted by atomic mass is 32.2. The molecule has 0 bridgehead atoms. The molecule has 4 nitrogen and oxygen atoms in total. The van der Waals surface area contributed by atoms with Gasteiger partial charge in [0.25, 0.3) is 10.1 Å². The Hall–Kier alpha value is -0.650. The Morgan fingerprint density at radius 3 is 2.12 bits per heavy atom. The number of hydrogen-bond donors (Lipinski definition) is 1. The zero-order chi connectivity index (χ0) is 13.0. The van der Waals surface area contributed by atoms with Gasteiger partial charge in [-0.15, -0.1) is 13.2 Å². The molecule has 1 N–H and O–H groups in total. The van der Waals surface area contributed by atoms with Gasteiger partial charge in [0.1, 0.15) is 0 Å². The largest absolute Gasteiger partial charge is 0.302 e. The molecular weight excluding hydrogens is 226 g/mol. The fourth-order valence-electron chi connectivity index (χ4n) is 0.881. The molecule has 0 saturated heterocycles.